The summed E-state index contributed by atoms with van der Waals surface area (Å²) in [6, 6.07) is 6.41. The third-order valence-electron chi connectivity index (χ3n) is 3.63. The number of ether oxygens (including phenoxy) is 1. The van der Waals surface area contributed by atoms with Crippen molar-refractivity contribution in [1.29, 1.82) is 0 Å². The van der Waals surface area contributed by atoms with Gasteiger partial charge >= 0.3 is 5.97 Å². The zero-order chi connectivity index (χ0) is 15.0. The van der Waals surface area contributed by atoms with Crippen molar-refractivity contribution in [3.63, 3.8) is 0 Å². The summed E-state index contributed by atoms with van der Waals surface area (Å²) in [4.78, 5) is 25.3. The molecule has 0 aliphatic carbocycles. The van der Waals surface area contributed by atoms with Crippen LogP contribution >= 0.6 is 0 Å². The summed E-state index contributed by atoms with van der Waals surface area (Å²) in [6.45, 7) is 0.590. The summed E-state index contributed by atoms with van der Waals surface area (Å²) in [7, 11) is 1.76. The highest BCUT2D eigenvalue weighted by Crippen LogP contribution is 2.20. The summed E-state index contributed by atoms with van der Waals surface area (Å²) < 4.78 is 6.78. The lowest BCUT2D eigenvalue weighted by molar-refractivity contribution is -0.147. The minimum absolute atomic E-state index is 0.00579. The van der Waals surface area contributed by atoms with Crippen molar-refractivity contribution in [2.45, 2.75) is 6.04 Å². The molecule has 2 heterocycles. The van der Waals surface area contributed by atoms with Crippen LogP contribution in [-0.2, 0) is 16.6 Å². The van der Waals surface area contributed by atoms with E-state index in [-0.39, 0.29) is 24.8 Å². The summed E-state index contributed by atoms with van der Waals surface area (Å²) in [5, 5.41) is 14.2. The van der Waals surface area contributed by atoms with Crippen LogP contribution in [0.3, 0.4) is 0 Å². The first kappa shape index (κ1) is 13.6. The van der Waals surface area contributed by atoms with Crippen molar-refractivity contribution < 1.29 is 19.4 Å². The summed E-state index contributed by atoms with van der Waals surface area (Å²) in [5.41, 5.74) is 1.11. The number of para-hydroxylation sites is 1. The second kappa shape index (κ2) is 5.17. The number of nitrogens with zero attached hydrogens (tertiary/aromatic N) is 3. The van der Waals surface area contributed by atoms with Crippen molar-refractivity contribution in [3.8, 4) is 0 Å². The van der Waals surface area contributed by atoms with E-state index in [4.69, 9.17) is 4.74 Å². The van der Waals surface area contributed by atoms with E-state index in [0.29, 0.717) is 6.61 Å². The predicted octanol–water partition coefficient (Wildman–Crippen LogP) is 0.499. The summed E-state index contributed by atoms with van der Waals surface area (Å²) >= 11 is 0. The van der Waals surface area contributed by atoms with Gasteiger partial charge in [0.15, 0.2) is 11.7 Å². The molecule has 1 N–H and O–H groups in total. The number of hydrogen-bond donors (Lipinski definition) is 1. The fourth-order valence-electron chi connectivity index (χ4n) is 2.56. The third kappa shape index (κ3) is 2.25. The van der Waals surface area contributed by atoms with Crippen LogP contribution < -0.4 is 0 Å². The van der Waals surface area contributed by atoms with Crippen LogP contribution in [-0.4, -0.2) is 57.5 Å². The number of carboxylic acid groups (broad SMARTS) is 1. The van der Waals surface area contributed by atoms with Gasteiger partial charge in [-0.05, 0) is 6.07 Å². The molecule has 1 saturated heterocycles. The standard InChI is InChI=1S/C14H15N3O4/c1-16-10-5-3-2-4-9(10)12(15-16)13(18)17-6-7-21-8-11(17)14(19)20/h2-5,11H,6-8H2,1H3,(H,19,20). The molecule has 0 saturated carbocycles. The summed E-state index contributed by atoms with van der Waals surface area (Å²) in [5.74, 6) is -1.44. The quantitative estimate of drug-likeness (QED) is 0.870. The molecular formula is C14H15N3O4. The van der Waals surface area contributed by atoms with Gasteiger partial charge in [-0.2, -0.15) is 5.10 Å². The largest absolute Gasteiger partial charge is 0.480 e. The average molecular weight is 289 g/mol. The number of aliphatic carboxylic acids is 1. The van der Waals surface area contributed by atoms with E-state index in [9.17, 15) is 14.7 Å². The number of benzene rings is 1. The van der Waals surface area contributed by atoms with Gasteiger partial charge in [-0.25, -0.2) is 4.79 Å². The molecule has 0 radical (unpaired) electrons. The maximum absolute atomic E-state index is 12.7. The number of fused-ring (bicyclic) bond motifs is 1. The van der Waals surface area contributed by atoms with E-state index in [1.54, 1.807) is 11.7 Å². The number of aryl methyl sites for hydroxylation is 1. The number of hydrogen-bond acceptors (Lipinski definition) is 4. The highest BCUT2D eigenvalue weighted by molar-refractivity contribution is 6.05. The molecule has 7 nitrogen and oxygen atoms in total. The molecule has 1 aliphatic rings. The lowest BCUT2D eigenvalue weighted by Crippen LogP contribution is -2.52. The molecule has 1 fully saturated rings. The second-order valence-corrected chi connectivity index (χ2v) is 4.92. The summed E-state index contributed by atoms with van der Waals surface area (Å²) in [6.07, 6.45) is 0. The van der Waals surface area contributed by atoms with Crippen molar-refractivity contribution in [1.82, 2.24) is 14.7 Å². The number of amides is 1. The Balaban J connectivity index is 2.01. The highest BCUT2D eigenvalue weighted by Gasteiger charge is 2.35. The number of carboxylic acids is 1. The molecule has 0 bridgehead atoms. The van der Waals surface area contributed by atoms with Gasteiger partial charge in [-0.1, -0.05) is 18.2 Å². The molecule has 1 amide bonds. The maximum Gasteiger partial charge on any atom is 0.328 e. The van der Waals surface area contributed by atoms with Crippen LogP contribution in [0.4, 0.5) is 0 Å². The SMILES string of the molecule is Cn1nc(C(=O)N2CCOCC2C(=O)O)c2ccccc21. The number of carbonyl (C=O) groups excluding carboxylic acids is 1. The molecule has 1 aliphatic heterocycles. The first-order valence-corrected chi connectivity index (χ1v) is 6.63. The highest BCUT2D eigenvalue weighted by atomic mass is 16.5. The van der Waals surface area contributed by atoms with Crippen LogP contribution in [0.15, 0.2) is 24.3 Å². The maximum atomic E-state index is 12.7. The van der Waals surface area contributed by atoms with E-state index in [1.807, 2.05) is 24.3 Å². The van der Waals surface area contributed by atoms with E-state index in [2.05, 4.69) is 5.10 Å². The lowest BCUT2D eigenvalue weighted by Gasteiger charge is -2.32. The Bertz CT molecular complexity index is 709. The smallest absolute Gasteiger partial charge is 0.328 e. The number of morpholine rings is 1. The fraction of sp³-hybridized carbons (Fsp3) is 0.357. The van der Waals surface area contributed by atoms with Gasteiger partial charge in [-0.15, -0.1) is 0 Å². The molecule has 1 aromatic carbocycles. The Labute approximate surface area is 120 Å². The molecule has 3 rings (SSSR count). The monoisotopic (exact) mass is 289 g/mol. The van der Waals surface area contributed by atoms with E-state index in [0.717, 1.165) is 10.9 Å². The van der Waals surface area contributed by atoms with Gasteiger partial charge < -0.3 is 14.7 Å². The van der Waals surface area contributed by atoms with E-state index < -0.39 is 12.0 Å². The predicted molar refractivity (Wildman–Crippen MR) is 74.0 cm³/mol. The average Bonchev–Trinajstić information content (AvgIpc) is 2.84. The lowest BCUT2D eigenvalue weighted by atomic mass is 10.1. The molecule has 1 aromatic heterocycles. The van der Waals surface area contributed by atoms with Crippen LogP contribution in [0.2, 0.25) is 0 Å². The van der Waals surface area contributed by atoms with Gasteiger partial charge in [0.1, 0.15) is 0 Å². The number of carbonyl (C=O) groups is 2. The Morgan fingerprint density at radius 1 is 1.38 bits per heavy atom. The Hall–Kier alpha value is -2.41. The molecular weight excluding hydrogens is 274 g/mol. The molecule has 0 spiro atoms. The molecule has 1 unspecified atom stereocenters. The molecule has 1 atom stereocenters. The molecule has 7 heteroatoms. The molecule has 110 valence electrons. The van der Waals surface area contributed by atoms with Gasteiger partial charge in [-0.3, -0.25) is 9.48 Å². The number of rotatable bonds is 2. The minimum Gasteiger partial charge on any atom is -0.480 e. The zero-order valence-corrected chi connectivity index (χ0v) is 11.5. The third-order valence-corrected chi connectivity index (χ3v) is 3.63. The fourth-order valence-corrected chi connectivity index (χ4v) is 2.56. The molecule has 2 aromatic rings. The minimum atomic E-state index is -1.07. The van der Waals surface area contributed by atoms with Gasteiger partial charge in [0, 0.05) is 19.0 Å². The number of aromatic nitrogens is 2. The van der Waals surface area contributed by atoms with Gasteiger partial charge in [0.25, 0.3) is 5.91 Å². The van der Waals surface area contributed by atoms with Gasteiger partial charge in [0.2, 0.25) is 0 Å². The van der Waals surface area contributed by atoms with Crippen molar-refractivity contribution in [2.75, 3.05) is 19.8 Å². The Morgan fingerprint density at radius 2 is 2.14 bits per heavy atom. The topological polar surface area (TPSA) is 84.7 Å². The van der Waals surface area contributed by atoms with Gasteiger partial charge in [0.05, 0.1) is 18.7 Å². The first-order valence-electron chi connectivity index (χ1n) is 6.63. The van der Waals surface area contributed by atoms with E-state index in [1.165, 1.54) is 4.90 Å². The normalized spacial score (nSPS) is 18.9. The van der Waals surface area contributed by atoms with E-state index >= 15 is 0 Å². The zero-order valence-electron chi connectivity index (χ0n) is 11.5. The Morgan fingerprint density at radius 3 is 2.90 bits per heavy atom. The van der Waals surface area contributed by atoms with Crippen LogP contribution in [0, 0.1) is 0 Å². The first-order chi connectivity index (χ1) is 10.1. The van der Waals surface area contributed by atoms with Crippen LogP contribution in [0.25, 0.3) is 10.9 Å². The van der Waals surface area contributed by atoms with Crippen LogP contribution in [0.1, 0.15) is 10.5 Å². The van der Waals surface area contributed by atoms with Crippen LogP contribution in [0.5, 0.6) is 0 Å². The van der Waals surface area contributed by atoms with Crippen molar-refractivity contribution in [2.24, 2.45) is 7.05 Å². The Kier molecular flexibility index (Phi) is 3.34. The van der Waals surface area contributed by atoms with Crippen molar-refractivity contribution >= 4 is 22.8 Å². The van der Waals surface area contributed by atoms with Crippen molar-refractivity contribution in [3.05, 3.63) is 30.0 Å². The second-order valence-electron chi connectivity index (χ2n) is 4.92. The molecule has 21 heavy (non-hydrogen) atoms.